The normalized spacial score (nSPS) is 11.6. The van der Waals surface area contributed by atoms with Crippen LogP contribution in [0.3, 0.4) is 0 Å². The Hall–Kier alpha value is -1.59. The molecule has 1 aromatic heterocycles. The summed E-state index contributed by atoms with van der Waals surface area (Å²) in [5.41, 5.74) is -0.294. The SMILES string of the molecule is CC(C)(CO)CNC(=O)CSc1nccc2ccccc12. The summed E-state index contributed by atoms with van der Waals surface area (Å²) in [5, 5.41) is 15.1. The minimum atomic E-state index is -0.294. The lowest BCUT2D eigenvalue weighted by atomic mass is 9.95. The number of aliphatic hydroxyl groups is 1. The van der Waals surface area contributed by atoms with E-state index < -0.39 is 0 Å². The van der Waals surface area contributed by atoms with Crippen LogP contribution in [0.5, 0.6) is 0 Å². The average Bonchev–Trinajstić information content (AvgIpc) is 2.51. The number of carbonyl (C=O) groups is 1. The van der Waals surface area contributed by atoms with E-state index in [2.05, 4.69) is 10.3 Å². The number of fused-ring (bicyclic) bond motifs is 1. The lowest BCUT2D eigenvalue weighted by Gasteiger charge is -2.21. The minimum Gasteiger partial charge on any atom is -0.396 e. The van der Waals surface area contributed by atoms with Crippen molar-refractivity contribution in [1.82, 2.24) is 10.3 Å². The van der Waals surface area contributed by atoms with Crippen molar-refractivity contribution in [2.45, 2.75) is 18.9 Å². The summed E-state index contributed by atoms with van der Waals surface area (Å²) < 4.78 is 0. The second kappa shape index (κ2) is 6.91. The highest BCUT2D eigenvalue weighted by Crippen LogP contribution is 2.25. The molecule has 0 unspecified atom stereocenters. The first-order chi connectivity index (χ1) is 10.0. The third kappa shape index (κ3) is 4.44. The van der Waals surface area contributed by atoms with Crippen LogP contribution in [0, 0.1) is 5.41 Å². The van der Waals surface area contributed by atoms with Gasteiger partial charge in [-0.1, -0.05) is 49.9 Å². The van der Waals surface area contributed by atoms with Gasteiger partial charge in [0.25, 0.3) is 0 Å². The van der Waals surface area contributed by atoms with Crippen molar-refractivity contribution in [3.05, 3.63) is 36.5 Å². The summed E-state index contributed by atoms with van der Waals surface area (Å²) >= 11 is 1.43. The third-order valence-corrected chi connectivity index (χ3v) is 4.17. The van der Waals surface area contributed by atoms with Crippen LogP contribution in [0.4, 0.5) is 0 Å². The molecule has 0 fully saturated rings. The van der Waals surface area contributed by atoms with E-state index in [1.165, 1.54) is 11.8 Å². The zero-order valence-electron chi connectivity index (χ0n) is 12.3. The van der Waals surface area contributed by atoms with Gasteiger partial charge < -0.3 is 10.4 Å². The van der Waals surface area contributed by atoms with Gasteiger partial charge in [-0.3, -0.25) is 4.79 Å². The maximum absolute atomic E-state index is 11.9. The Kier molecular flexibility index (Phi) is 5.20. The summed E-state index contributed by atoms with van der Waals surface area (Å²) in [5.74, 6) is 0.277. The van der Waals surface area contributed by atoms with E-state index in [9.17, 15) is 4.79 Å². The van der Waals surface area contributed by atoms with Gasteiger partial charge in [0.05, 0.1) is 5.75 Å². The van der Waals surface area contributed by atoms with E-state index in [0.717, 1.165) is 15.8 Å². The van der Waals surface area contributed by atoms with E-state index in [1.807, 2.05) is 44.2 Å². The Labute approximate surface area is 129 Å². The highest BCUT2D eigenvalue weighted by atomic mass is 32.2. The summed E-state index contributed by atoms with van der Waals surface area (Å²) in [7, 11) is 0. The number of nitrogens with one attached hydrogen (secondary N) is 1. The largest absolute Gasteiger partial charge is 0.396 e. The van der Waals surface area contributed by atoms with Crippen LogP contribution in [0.15, 0.2) is 41.6 Å². The van der Waals surface area contributed by atoms with E-state index >= 15 is 0 Å². The Bertz CT molecular complexity index is 623. The molecular formula is C16H20N2O2S. The molecule has 0 saturated carbocycles. The maximum Gasteiger partial charge on any atom is 0.230 e. The number of aromatic nitrogens is 1. The van der Waals surface area contributed by atoms with Gasteiger partial charge in [0.2, 0.25) is 5.91 Å². The van der Waals surface area contributed by atoms with E-state index in [0.29, 0.717) is 12.3 Å². The summed E-state index contributed by atoms with van der Waals surface area (Å²) in [6, 6.07) is 9.96. The molecule has 0 aliphatic carbocycles. The molecule has 112 valence electrons. The van der Waals surface area contributed by atoms with Crippen molar-refractivity contribution in [3.63, 3.8) is 0 Å². The van der Waals surface area contributed by atoms with Crippen molar-refractivity contribution in [1.29, 1.82) is 0 Å². The Morgan fingerprint density at radius 3 is 2.86 bits per heavy atom. The molecular weight excluding hydrogens is 284 g/mol. The van der Waals surface area contributed by atoms with Crippen LogP contribution in [-0.2, 0) is 4.79 Å². The Morgan fingerprint density at radius 2 is 2.10 bits per heavy atom. The lowest BCUT2D eigenvalue weighted by molar-refractivity contribution is -0.119. The molecule has 0 saturated heterocycles. The molecule has 1 amide bonds. The second-order valence-corrected chi connectivity index (χ2v) is 6.69. The molecule has 0 spiro atoms. The number of benzene rings is 1. The molecule has 2 N–H and O–H groups in total. The van der Waals surface area contributed by atoms with Crippen LogP contribution < -0.4 is 5.32 Å². The summed E-state index contributed by atoms with van der Waals surface area (Å²) in [6.07, 6.45) is 1.76. The fourth-order valence-corrected chi connectivity index (χ4v) is 2.63. The molecule has 5 heteroatoms. The standard InChI is InChI=1S/C16H20N2O2S/c1-16(2,11-19)10-18-14(20)9-21-15-13-6-4-3-5-12(13)7-8-17-15/h3-8,19H,9-11H2,1-2H3,(H,18,20). The van der Waals surface area contributed by atoms with E-state index in [-0.39, 0.29) is 17.9 Å². The average molecular weight is 304 g/mol. The molecule has 0 aliphatic rings. The molecule has 4 nitrogen and oxygen atoms in total. The van der Waals surface area contributed by atoms with Crippen molar-refractivity contribution in [2.75, 3.05) is 18.9 Å². The fraction of sp³-hybridized carbons (Fsp3) is 0.375. The number of amides is 1. The van der Waals surface area contributed by atoms with Gasteiger partial charge in [0, 0.05) is 30.1 Å². The molecule has 2 aromatic rings. The fourth-order valence-electron chi connectivity index (χ4n) is 1.79. The molecule has 1 aromatic carbocycles. The molecule has 1 heterocycles. The van der Waals surface area contributed by atoms with Crippen molar-refractivity contribution < 1.29 is 9.90 Å². The number of carbonyl (C=O) groups excluding carboxylic acids is 1. The maximum atomic E-state index is 11.9. The van der Waals surface area contributed by atoms with Crippen LogP contribution >= 0.6 is 11.8 Å². The zero-order valence-corrected chi connectivity index (χ0v) is 13.1. The van der Waals surface area contributed by atoms with Gasteiger partial charge in [0.15, 0.2) is 0 Å². The van der Waals surface area contributed by atoms with Crippen LogP contribution in [0.1, 0.15) is 13.8 Å². The number of nitrogens with zero attached hydrogens (tertiary/aromatic N) is 1. The van der Waals surface area contributed by atoms with Crippen molar-refractivity contribution in [3.8, 4) is 0 Å². The highest BCUT2D eigenvalue weighted by Gasteiger charge is 2.17. The number of aliphatic hydroxyl groups excluding tert-OH is 1. The third-order valence-electron chi connectivity index (χ3n) is 3.17. The van der Waals surface area contributed by atoms with Gasteiger partial charge in [-0.05, 0) is 11.5 Å². The number of pyridine rings is 1. The highest BCUT2D eigenvalue weighted by molar-refractivity contribution is 8.00. The monoisotopic (exact) mass is 304 g/mol. The van der Waals surface area contributed by atoms with Crippen LogP contribution in [0.25, 0.3) is 10.8 Å². The predicted molar refractivity (Wildman–Crippen MR) is 86.3 cm³/mol. The van der Waals surface area contributed by atoms with Crippen molar-refractivity contribution >= 4 is 28.4 Å². The summed E-state index contributed by atoms with van der Waals surface area (Å²) in [4.78, 5) is 16.2. The first-order valence-corrected chi connectivity index (χ1v) is 7.84. The number of rotatable bonds is 6. The molecule has 0 bridgehead atoms. The van der Waals surface area contributed by atoms with E-state index in [4.69, 9.17) is 5.11 Å². The molecule has 0 aliphatic heterocycles. The number of hydrogen-bond donors (Lipinski definition) is 2. The number of hydrogen-bond acceptors (Lipinski definition) is 4. The predicted octanol–water partition coefficient (Wildman–Crippen LogP) is 2.46. The molecule has 0 radical (unpaired) electrons. The van der Waals surface area contributed by atoms with Gasteiger partial charge in [-0.15, -0.1) is 0 Å². The van der Waals surface area contributed by atoms with Gasteiger partial charge in [0.1, 0.15) is 5.03 Å². The van der Waals surface area contributed by atoms with Gasteiger partial charge in [-0.2, -0.15) is 0 Å². The second-order valence-electron chi connectivity index (χ2n) is 5.72. The zero-order chi connectivity index (χ0) is 15.3. The first-order valence-electron chi connectivity index (χ1n) is 6.86. The smallest absolute Gasteiger partial charge is 0.230 e. The lowest BCUT2D eigenvalue weighted by Crippen LogP contribution is -2.36. The quantitative estimate of drug-likeness (QED) is 0.805. The molecule has 0 atom stereocenters. The molecule has 2 rings (SSSR count). The summed E-state index contributed by atoms with van der Waals surface area (Å²) in [6.45, 7) is 4.33. The Balaban J connectivity index is 1.94. The number of thioether (sulfide) groups is 1. The van der Waals surface area contributed by atoms with Crippen LogP contribution in [0.2, 0.25) is 0 Å². The minimum absolute atomic E-state index is 0.0451. The first kappa shape index (κ1) is 15.8. The van der Waals surface area contributed by atoms with Gasteiger partial charge in [-0.25, -0.2) is 4.98 Å². The topological polar surface area (TPSA) is 62.2 Å². The van der Waals surface area contributed by atoms with Gasteiger partial charge >= 0.3 is 0 Å². The van der Waals surface area contributed by atoms with Crippen molar-refractivity contribution in [2.24, 2.45) is 5.41 Å². The Morgan fingerprint density at radius 1 is 1.33 bits per heavy atom. The van der Waals surface area contributed by atoms with E-state index in [1.54, 1.807) is 6.20 Å². The van der Waals surface area contributed by atoms with Crippen LogP contribution in [-0.4, -0.2) is 34.9 Å². The molecule has 21 heavy (non-hydrogen) atoms.